The average molecular weight is 222 g/mol. The van der Waals surface area contributed by atoms with Crippen molar-refractivity contribution in [2.24, 2.45) is 22.2 Å². The van der Waals surface area contributed by atoms with Crippen LogP contribution in [0.1, 0.15) is 48.5 Å². The van der Waals surface area contributed by atoms with E-state index in [1.807, 2.05) is 12.2 Å². The van der Waals surface area contributed by atoms with Crippen LogP contribution < -0.4 is 0 Å². The second kappa shape index (κ2) is 3.65. The summed E-state index contributed by atoms with van der Waals surface area (Å²) in [5.74, 6) is 0.756. The van der Waals surface area contributed by atoms with Gasteiger partial charge in [-0.05, 0) is 34.3 Å². The normalized spacial score (nSPS) is 31.4. The fourth-order valence-electron chi connectivity index (χ4n) is 2.63. The third-order valence-corrected chi connectivity index (χ3v) is 4.13. The Labute approximate surface area is 100 Å². The molecule has 0 heterocycles. The zero-order valence-corrected chi connectivity index (χ0v) is 11.8. The Hall–Kier alpha value is -0.720. The van der Waals surface area contributed by atoms with Crippen molar-refractivity contribution in [1.29, 1.82) is 0 Å². The Morgan fingerprint density at radius 2 is 1.62 bits per heavy atom. The molecule has 0 aromatic carbocycles. The van der Waals surface area contributed by atoms with Gasteiger partial charge in [-0.2, -0.15) is 0 Å². The van der Waals surface area contributed by atoms with Crippen LogP contribution in [0, 0.1) is 22.2 Å². The molecule has 0 aliphatic heterocycles. The molecule has 0 aromatic rings. The van der Waals surface area contributed by atoms with Crippen molar-refractivity contribution in [2.45, 2.75) is 48.5 Å². The van der Waals surface area contributed by atoms with Crippen molar-refractivity contribution in [3.8, 4) is 0 Å². The molecule has 0 aromatic heterocycles. The lowest BCUT2D eigenvalue weighted by atomic mass is 9.53. The number of aliphatic hydroxyl groups is 1. The summed E-state index contributed by atoms with van der Waals surface area (Å²) in [6.07, 6.45) is 6.04. The quantitative estimate of drug-likeness (QED) is 0.629. The summed E-state index contributed by atoms with van der Waals surface area (Å²) in [6, 6.07) is 0. The largest absolute Gasteiger partial charge is 0.508 e. The summed E-state index contributed by atoms with van der Waals surface area (Å²) in [7, 11) is 0. The van der Waals surface area contributed by atoms with E-state index in [0.29, 0.717) is 11.7 Å². The molecule has 0 fully saturated rings. The fourth-order valence-corrected chi connectivity index (χ4v) is 2.63. The molecule has 1 nitrogen and oxygen atoms in total. The molecule has 1 N–H and O–H groups in total. The van der Waals surface area contributed by atoms with Gasteiger partial charge in [0.2, 0.25) is 0 Å². The van der Waals surface area contributed by atoms with E-state index in [2.05, 4.69) is 54.5 Å². The number of allylic oxidation sites excluding steroid dienone is 3. The van der Waals surface area contributed by atoms with Gasteiger partial charge in [-0.3, -0.25) is 0 Å². The molecule has 0 saturated heterocycles. The van der Waals surface area contributed by atoms with E-state index in [-0.39, 0.29) is 16.2 Å². The smallest absolute Gasteiger partial charge is 0.111 e. The molecule has 0 spiro atoms. The minimum Gasteiger partial charge on any atom is -0.508 e. The summed E-state index contributed by atoms with van der Waals surface area (Å²) in [6.45, 7) is 15.8. The zero-order chi connectivity index (χ0) is 12.8. The van der Waals surface area contributed by atoms with Crippen LogP contribution in [0.25, 0.3) is 0 Å². The molecule has 0 bridgehead atoms. The van der Waals surface area contributed by atoms with Crippen molar-refractivity contribution < 1.29 is 5.11 Å². The predicted octanol–water partition coefficient (Wildman–Crippen LogP) is 4.71. The van der Waals surface area contributed by atoms with E-state index in [4.69, 9.17) is 0 Å². The molecule has 0 saturated carbocycles. The molecule has 1 rings (SSSR count). The lowest BCUT2D eigenvalue weighted by molar-refractivity contribution is 0.0438. The monoisotopic (exact) mass is 222 g/mol. The van der Waals surface area contributed by atoms with Crippen molar-refractivity contribution >= 4 is 0 Å². The first-order valence-electron chi connectivity index (χ1n) is 6.08. The predicted molar refractivity (Wildman–Crippen MR) is 70.4 cm³/mol. The molecular formula is C15H26O. The summed E-state index contributed by atoms with van der Waals surface area (Å²) in [5, 5.41) is 9.72. The zero-order valence-electron chi connectivity index (χ0n) is 11.8. The van der Waals surface area contributed by atoms with Crippen LogP contribution in [0.3, 0.4) is 0 Å². The average Bonchev–Trinajstić information content (AvgIpc) is 2.05. The van der Waals surface area contributed by atoms with Gasteiger partial charge in [0.1, 0.15) is 5.76 Å². The van der Waals surface area contributed by atoms with Gasteiger partial charge in [0.25, 0.3) is 0 Å². The minimum absolute atomic E-state index is 0.0808. The van der Waals surface area contributed by atoms with Gasteiger partial charge in [0.15, 0.2) is 0 Å². The maximum atomic E-state index is 9.72. The van der Waals surface area contributed by atoms with Crippen molar-refractivity contribution in [3.63, 3.8) is 0 Å². The first kappa shape index (κ1) is 13.3. The lowest BCUT2D eigenvalue weighted by Crippen LogP contribution is -2.44. The molecule has 92 valence electrons. The van der Waals surface area contributed by atoms with Crippen molar-refractivity contribution in [1.82, 2.24) is 0 Å². The van der Waals surface area contributed by atoms with Gasteiger partial charge < -0.3 is 5.11 Å². The molecular weight excluding hydrogens is 196 g/mol. The SMILES string of the molecule is CC(C)(C)C1C=C(O)C=CC1(C)C(C)(C)C. The van der Waals surface area contributed by atoms with E-state index < -0.39 is 0 Å². The summed E-state index contributed by atoms with van der Waals surface area (Å²) in [4.78, 5) is 0. The lowest BCUT2D eigenvalue weighted by Gasteiger charge is -2.51. The van der Waals surface area contributed by atoms with Gasteiger partial charge in [0.05, 0.1) is 0 Å². The molecule has 2 unspecified atom stereocenters. The third kappa shape index (κ3) is 2.18. The van der Waals surface area contributed by atoms with Gasteiger partial charge >= 0.3 is 0 Å². The summed E-state index contributed by atoms with van der Waals surface area (Å²) in [5.41, 5.74) is 0.414. The maximum absolute atomic E-state index is 9.72. The van der Waals surface area contributed by atoms with Gasteiger partial charge in [-0.1, -0.05) is 54.5 Å². The second-order valence-electron chi connectivity index (χ2n) is 7.30. The minimum atomic E-state index is 0.0808. The number of rotatable bonds is 0. The topological polar surface area (TPSA) is 20.2 Å². The molecule has 1 aliphatic carbocycles. The molecule has 1 aliphatic rings. The standard InChI is InChI=1S/C15H26O/c1-13(2,3)12-10-11(16)8-9-15(12,7)14(4,5)6/h8-10,12,16H,1-7H3. The van der Waals surface area contributed by atoms with Crippen LogP contribution in [-0.2, 0) is 0 Å². The van der Waals surface area contributed by atoms with Crippen LogP contribution in [0.4, 0.5) is 0 Å². The van der Waals surface area contributed by atoms with E-state index in [9.17, 15) is 5.11 Å². The van der Waals surface area contributed by atoms with Crippen LogP contribution >= 0.6 is 0 Å². The third-order valence-electron chi connectivity index (χ3n) is 4.13. The van der Waals surface area contributed by atoms with Crippen LogP contribution in [-0.4, -0.2) is 5.11 Å². The Kier molecular flexibility index (Phi) is 3.04. The number of aliphatic hydroxyl groups excluding tert-OH is 1. The van der Waals surface area contributed by atoms with Gasteiger partial charge in [-0.25, -0.2) is 0 Å². The van der Waals surface area contributed by atoms with Crippen LogP contribution in [0.15, 0.2) is 24.0 Å². The maximum Gasteiger partial charge on any atom is 0.111 e. The highest BCUT2D eigenvalue weighted by molar-refractivity contribution is 5.27. The number of hydrogen-bond acceptors (Lipinski definition) is 1. The van der Waals surface area contributed by atoms with Crippen molar-refractivity contribution in [3.05, 3.63) is 24.0 Å². The summed E-state index contributed by atoms with van der Waals surface area (Å²) < 4.78 is 0. The van der Waals surface area contributed by atoms with E-state index in [0.717, 1.165) is 0 Å². The fraction of sp³-hybridized carbons (Fsp3) is 0.733. The van der Waals surface area contributed by atoms with E-state index in [1.165, 1.54) is 0 Å². The first-order valence-corrected chi connectivity index (χ1v) is 6.08. The summed E-state index contributed by atoms with van der Waals surface area (Å²) >= 11 is 0. The number of hydrogen-bond donors (Lipinski definition) is 1. The van der Waals surface area contributed by atoms with Gasteiger partial charge in [0, 0.05) is 0 Å². The second-order valence-corrected chi connectivity index (χ2v) is 7.30. The molecule has 1 heteroatoms. The molecule has 0 radical (unpaired) electrons. The highest BCUT2D eigenvalue weighted by Crippen LogP contribution is 2.54. The van der Waals surface area contributed by atoms with Gasteiger partial charge in [-0.15, -0.1) is 0 Å². The van der Waals surface area contributed by atoms with Crippen LogP contribution in [0.5, 0.6) is 0 Å². The Morgan fingerprint density at radius 1 is 1.12 bits per heavy atom. The Bertz CT molecular complexity index is 322. The van der Waals surface area contributed by atoms with E-state index in [1.54, 1.807) is 0 Å². The highest BCUT2D eigenvalue weighted by atomic mass is 16.3. The van der Waals surface area contributed by atoms with Crippen LogP contribution in [0.2, 0.25) is 0 Å². The first-order chi connectivity index (χ1) is 6.98. The van der Waals surface area contributed by atoms with E-state index >= 15 is 0 Å². The molecule has 2 atom stereocenters. The molecule has 0 amide bonds. The Balaban J connectivity index is 3.25. The highest BCUT2D eigenvalue weighted by Gasteiger charge is 2.47. The Morgan fingerprint density at radius 3 is 2.00 bits per heavy atom. The molecule has 16 heavy (non-hydrogen) atoms. The van der Waals surface area contributed by atoms with Crippen molar-refractivity contribution in [2.75, 3.05) is 0 Å².